The van der Waals surface area contributed by atoms with Gasteiger partial charge in [0.25, 0.3) is 11.8 Å². The first-order chi connectivity index (χ1) is 10.5. The molecule has 1 aromatic carbocycles. The van der Waals surface area contributed by atoms with E-state index in [1.165, 1.54) is 0 Å². The summed E-state index contributed by atoms with van der Waals surface area (Å²) in [5.41, 5.74) is 0.662. The van der Waals surface area contributed by atoms with Crippen LogP contribution < -0.4 is 9.64 Å². The maximum absolute atomic E-state index is 13.5. The van der Waals surface area contributed by atoms with Crippen LogP contribution in [0, 0.1) is 6.92 Å². The van der Waals surface area contributed by atoms with Gasteiger partial charge in [0.15, 0.2) is 0 Å². The Hall–Kier alpha value is -2.11. The van der Waals surface area contributed by atoms with Crippen molar-refractivity contribution < 1.29 is 13.7 Å². The summed E-state index contributed by atoms with van der Waals surface area (Å²) < 4.78 is 24.0. The lowest BCUT2D eigenvalue weighted by Gasteiger charge is -2.41. The molecule has 0 spiro atoms. The molecule has 3 rings (SSSR count). The van der Waals surface area contributed by atoms with Gasteiger partial charge >= 0.3 is 0 Å². The number of anilines is 1. The van der Waals surface area contributed by atoms with Crippen molar-refractivity contribution in [3.05, 3.63) is 23.8 Å². The number of rotatable bonds is 3. The Kier molecular flexibility index (Phi) is 4.68. The molecule has 2 heterocycles. The van der Waals surface area contributed by atoms with Crippen molar-refractivity contribution in [2.75, 3.05) is 25.1 Å². The molecule has 1 saturated heterocycles. The lowest BCUT2D eigenvalue weighted by atomic mass is 10.0. The number of alkyl halides is 1. The highest BCUT2D eigenvalue weighted by atomic mass is 19.1. The van der Waals surface area contributed by atoms with E-state index in [1.54, 1.807) is 18.9 Å². The predicted octanol–water partition coefficient (Wildman–Crippen LogP) is 3.63. The molecule has 5 nitrogen and oxygen atoms in total. The second-order valence-electron chi connectivity index (χ2n) is 5.35. The average Bonchev–Trinajstić information content (AvgIpc) is 2.97. The number of aromatic nitrogens is 2. The van der Waals surface area contributed by atoms with Crippen LogP contribution in [0.25, 0.3) is 11.5 Å². The van der Waals surface area contributed by atoms with Gasteiger partial charge in [0.05, 0.1) is 20.2 Å². The van der Waals surface area contributed by atoms with Crippen LogP contribution in [-0.2, 0) is 0 Å². The van der Waals surface area contributed by atoms with Crippen molar-refractivity contribution in [1.82, 2.24) is 10.1 Å². The van der Waals surface area contributed by atoms with E-state index in [-0.39, 0.29) is 0 Å². The lowest BCUT2D eigenvalue weighted by molar-refractivity contribution is 0.142. The minimum atomic E-state index is -1.16. The van der Waals surface area contributed by atoms with E-state index in [9.17, 15) is 4.39 Å². The minimum absolute atomic E-state index is 0.295. The molecule has 0 aliphatic carbocycles. The van der Waals surface area contributed by atoms with Gasteiger partial charge in [-0.15, -0.1) is 0 Å². The van der Waals surface area contributed by atoms with Crippen LogP contribution in [0.2, 0.25) is 0 Å². The first-order valence-electron chi connectivity index (χ1n) is 7.41. The fourth-order valence-corrected chi connectivity index (χ4v) is 2.31. The number of hydrogen-bond acceptors (Lipinski definition) is 5. The van der Waals surface area contributed by atoms with Crippen LogP contribution in [0.15, 0.2) is 22.7 Å². The Morgan fingerprint density at radius 3 is 2.59 bits per heavy atom. The Labute approximate surface area is 130 Å². The molecule has 1 aliphatic rings. The van der Waals surface area contributed by atoms with Crippen LogP contribution in [0.3, 0.4) is 0 Å². The normalized spacial score (nSPS) is 15.6. The molecule has 0 unspecified atom stereocenters. The second kappa shape index (κ2) is 6.34. The average molecular weight is 307 g/mol. The van der Waals surface area contributed by atoms with E-state index < -0.39 is 5.67 Å². The first-order valence-corrected chi connectivity index (χ1v) is 7.41. The van der Waals surface area contributed by atoms with Gasteiger partial charge in [-0.05, 0) is 36.7 Å². The summed E-state index contributed by atoms with van der Waals surface area (Å²) in [6, 6.07) is 5.67. The summed E-state index contributed by atoms with van der Waals surface area (Å²) in [7, 11) is 1.62. The van der Waals surface area contributed by atoms with Crippen molar-refractivity contribution in [1.29, 1.82) is 0 Å². The summed E-state index contributed by atoms with van der Waals surface area (Å²) in [5, 5.41) is 3.89. The standard InChI is InChI=1S/C14H16FN3O2.C2H6/c1-9-4-5-10(6-11(9)19-3)12-16-13(17-20-12)18-7-14(2,15)8-18;1-2/h4-6H,7-8H2,1-3H3;1-2H3. The smallest absolute Gasteiger partial charge is 0.266 e. The zero-order valence-electron chi connectivity index (χ0n) is 13.7. The molecular weight excluding hydrogens is 285 g/mol. The van der Waals surface area contributed by atoms with E-state index in [1.807, 2.05) is 39.0 Å². The molecule has 0 radical (unpaired) electrons. The third-order valence-corrected chi connectivity index (χ3v) is 3.39. The molecular formula is C16H22FN3O2. The van der Waals surface area contributed by atoms with Gasteiger partial charge in [-0.2, -0.15) is 4.98 Å². The molecule has 120 valence electrons. The van der Waals surface area contributed by atoms with Crippen LogP contribution in [-0.4, -0.2) is 36.0 Å². The molecule has 1 fully saturated rings. The number of hydrogen-bond donors (Lipinski definition) is 0. The molecule has 1 aliphatic heterocycles. The maximum Gasteiger partial charge on any atom is 0.266 e. The third kappa shape index (κ3) is 3.21. The zero-order valence-corrected chi connectivity index (χ0v) is 13.7. The fourth-order valence-electron chi connectivity index (χ4n) is 2.31. The molecule has 0 amide bonds. The lowest BCUT2D eigenvalue weighted by Crippen LogP contribution is -2.57. The van der Waals surface area contributed by atoms with E-state index >= 15 is 0 Å². The Balaban J connectivity index is 0.000000847. The highest BCUT2D eigenvalue weighted by Crippen LogP contribution is 2.31. The largest absolute Gasteiger partial charge is 0.496 e. The summed E-state index contributed by atoms with van der Waals surface area (Å²) in [4.78, 5) is 6.05. The van der Waals surface area contributed by atoms with E-state index in [4.69, 9.17) is 9.26 Å². The monoisotopic (exact) mass is 307 g/mol. The summed E-state index contributed by atoms with van der Waals surface area (Å²) >= 11 is 0. The van der Waals surface area contributed by atoms with Crippen LogP contribution in [0.1, 0.15) is 26.3 Å². The number of ether oxygens (including phenoxy) is 1. The van der Waals surface area contributed by atoms with Gasteiger partial charge in [-0.25, -0.2) is 4.39 Å². The SMILES string of the molecule is CC.COc1cc(-c2nc(N3CC(C)(F)C3)no2)ccc1C. The van der Waals surface area contributed by atoms with Gasteiger partial charge in [0.1, 0.15) is 11.4 Å². The highest BCUT2D eigenvalue weighted by molar-refractivity contribution is 5.59. The fraction of sp³-hybridized carbons (Fsp3) is 0.500. The topological polar surface area (TPSA) is 51.4 Å². The zero-order chi connectivity index (χ0) is 16.3. The minimum Gasteiger partial charge on any atom is -0.496 e. The van der Waals surface area contributed by atoms with Gasteiger partial charge in [0.2, 0.25) is 0 Å². The molecule has 0 N–H and O–H groups in total. The quantitative estimate of drug-likeness (QED) is 0.866. The summed E-state index contributed by atoms with van der Waals surface area (Å²) in [6.07, 6.45) is 0. The van der Waals surface area contributed by atoms with Gasteiger partial charge in [-0.1, -0.05) is 19.9 Å². The van der Waals surface area contributed by atoms with Crippen molar-refractivity contribution in [2.45, 2.75) is 33.4 Å². The van der Waals surface area contributed by atoms with Gasteiger partial charge in [-0.3, -0.25) is 0 Å². The number of methoxy groups -OCH3 is 1. The molecule has 2 aromatic rings. The van der Waals surface area contributed by atoms with E-state index in [0.717, 1.165) is 16.9 Å². The number of aryl methyl sites for hydroxylation is 1. The molecule has 6 heteroatoms. The predicted molar refractivity (Wildman–Crippen MR) is 84.1 cm³/mol. The molecule has 0 atom stereocenters. The van der Waals surface area contributed by atoms with Crippen molar-refractivity contribution >= 4 is 5.95 Å². The van der Waals surface area contributed by atoms with Crippen molar-refractivity contribution in [3.63, 3.8) is 0 Å². The maximum atomic E-state index is 13.5. The van der Waals surface area contributed by atoms with E-state index in [0.29, 0.717) is 24.9 Å². The molecule has 22 heavy (non-hydrogen) atoms. The molecule has 1 aromatic heterocycles. The summed E-state index contributed by atoms with van der Waals surface area (Å²) in [6.45, 7) is 8.12. The van der Waals surface area contributed by atoms with E-state index in [2.05, 4.69) is 10.1 Å². The molecule has 0 saturated carbocycles. The van der Waals surface area contributed by atoms with Crippen LogP contribution in [0.5, 0.6) is 5.75 Å². The first kappa shape index (κ1) is 16.3. The van der Waals surface area contributed by atoms with Gasteiger partial charge < -0.3 is 14.2 Å². The summed E-state index contributed by atoms with van der Waals surface area (Å²) in [5.74, 6) is 1.60. The van der Waals surface area contributed by atoms with Gasteiger partial charge in [0, 0.05) is 5.56 Å². The molecule has 0 bridgehead atoms. The van der Waals surface area contributed by atoms with Crippen molar-refractivity contribution in [3.8, 4) is 17.2 Å². The van der Waals surface area contributed by atoms with Crippen LogP contribution >= 0.6 is 0 Å². The Bertz CT molecular complexity index is 632. The number of halogens is 1. The second-order valence-corrected chi connectivity index (χ2v) is 5.35. The van der Waals surface area contributed by atoms with Crippen molar-refractivity contribution in [2.24, 2.45) is 0 Å². The highest BCUT2D eigenvalue weighted by Gasteiger charge is 2.41. The number of benzene rings is 1. The van der Waals surface area contributed by atoms with Crippen LogP contribution in [0.4, 0.5) is 10.3 Å². The number of nitrogens with zero attached hydrogens (tertiary/aromatic N) is 3. The Morgan fingerprint density at radius 1 is 1.32 bits per heavy atom. The third-order valence-electron chi connectivity index (χ3n) is 3.39. The Morgan fingerprint density at radius 2 is 2.00 bits per heavy atom.